The van der Waals surface area contributed by atoms with E-state index in [9.17, 15) is 24.3 Å². The average Bonchev–Trinajstić information content (AvgIpc) is 2.88. The predicted molar refractivity (Wildman–Crippen MR) is 144 cm³/mol. The second kappa shape index (κ2) is 17.2. The topological polar surface area (TPSA) is 170 Å². The lowest BCUT2D eigenvalue weighted by Gasteiger charge is -2.25. The molecular weight excluding hydrogens is 526 g/mol. The fraction of sp³-hybridized carbons (Fsp3) is 0.643. The molecule has 226 valence electrons. The number of hydrogen-bond acceptors (Lipinski definition) is 11. The number of nitrogens with two attached hydrogens (primary N) is 1. The number of carbonyl (C=O) groups excluding carboxylic acids is 3. The minimum absolute atomic E-state index is 0.000230. The van der Waals surface area contributed by atoms with E-state index in [4.69, 9.17) is 34.2 Å². The van der Waals surface area contributed by atoms with E-state index in [1.807, 2.05) is 41.5 Å². The Morgan fingerprint density at radius 2 is 1.32 bits per heavy atom. The summed E-state index contributed by atoms with van der Waals surface area (Å²) in [4.78, 5) is 48.4. The van der Waals surface area contributed by atoms with Crippen LogP contribution in [0.25, 0.3) is 0 Å². The second-order valence-corrected chi connectivity index (χ2v) is 10.5. The summed E-state index contributed by atoms with van der Waals surface area (Å²) in [5.41, 5.74) is 6.32. The maximum atomic E-state index is 12.3. The molecule has 0 amide bonds. The minimum Gasteiger partial charge on any atom is -0.480 e. The highest BCUT2D eigenvalue weighted by molar-refractivity contribution is 5.75. The number of carbonyl (C=O) groups is 4. The van der Waals surface area contributed by atoms with Gasteiger partial charge in [0.05, 0.1) is 19.8 Å². The summed E-state index contributed by atoms with van der Waals surface area (Å²) in [5.74, 6) is -2.30. The van der Waals surface area contributed by atoms with Crippen molar-refractivity contribution in [3.63, 3.8) is 0 Å². The molecule has 12 heteroatoms. The van der Waals surface area contributed by atoms with E-state index in [1.165, 1.54) is 18.2 Å². The highest BCUT2D eigenvalue weighted by Gasteiger charge is 2.30. The molecule has 0 bridgehead atoms. The van der Waals surface area contributed by atoms with Gasteiger partial charge in [0.15, 0.2) is 11.5 Å². The largest absolute Gasteiger partial charge is 0.513 e. The van der Waals surface area contributed by atoms with E-state index in [0.29, 0.717) is 5.56 Å². The van der Waals surface area contributed by atoms with E-state index >= 15 is 0 Å². The van der Waals surface area contributed by atoms with E-state index in [1.54, 1.807) is 6.92 Å². The maximum absolute atomic E-state index is 12.3. The average molecular weight is 570 g/mol. The van der Waals surface area contributed by atoms with Crippen molar-refractivity contribution in [1.82, 2.24) is 0 Å². The number of hydrogen-bond donors (Lipinski definition) is 2. The van der Waals surface area contributed by atoms with Gasteiger partial charge in [-0.2, -0.15) is 0 Å². The second-order valence-electron chi connectivity index (χ2n) is 10.5. The number of rotatable bonds is 15. The van der Waals surface area contributed by atoms with E-state index in [0.717, 1.165) is 6.42 Å². The fourth-order valence-electron chi connectivity index (χ4n) is 3.22. The first-order chi connectivity index (χ1) is 18.7. The van der Waals surface area contributed by atoms with Gasteiger partial charge in [0, 0.05) is 5.92 Å². The first-order valence-corrected chi connectivity index (χ1v) is 13.4. The molecule has 4 atom stereocenters. The van der Waals surface area contributed by atoms with E-state index in [-0.39, 0.29) is 55.5 Å². The van der Waals surface area contributed by atoms with Crippen molar-refractivity contribution in [3.8, 4) is 11.5 Å². The van der Waals surface area contributed by atoms with Crippen LogP contribution in [-0.4, -0.2) is 61.5 Å². The molecule has 40 heavy (non-hydrogen) atoms. The number of carboxylic acids is 1. The van der Waals surface area contributed by atoms with E-state index in [2.05, 4.69) is 0 Å². The molecule has 12 nitrogen and oxygen atoms in total. The van der Waals surface area contributed by atoms with Crippen LogP contribution in [0.1, 0.15) is 72.8 Å². The van der Waals surface area contributed by atoms with Gasteiger partial charge in [-0.1, -0.05) is 54.0 Å². The van der Waals surface area contributed by atoms with Crippen molar-refractivity contribution in [2.24, 2.45) is 23.5 Å². The van der Waals surface area contributed by atoms with Gasteiger partial charge in [-0.15, -0.1) is 0 Å². The first-order valence-electron chi connectivity index (χ1n) is 13.4. The zero-order valence-electron chi connectivity index (χ0n) is 24.3. The van der Waals surface area contributed by atoms with Crippen molar-refractivity contribution in [3.05, 3.63) is 23.8 Å². The molecule has 1 rings (SSSR count). The van der Waals surface area contributed by atoms with Crippen molar-refractivity contribution in [1.29, 1.82) is 0 Å². The molecule has 0 aliphatic heterocycles. The molecule has 0 fully saturated rings. The van der Waals surface area contributed by atoms with Crippen LogP contribution in [0.5, 0.6) is 11.5 Å². The summed E-state index contributed by atoms with van der Waals surface area (Å²) in [6.07, 6.45) is -2.90. The Labute approximate surface area is 235 Å². The monoisotopic (exact) mass is 569 g/mol. The third-order valence-corrected chi connectivity index (χ3v) is 5.64. The summed E-state index contributed by atoms with van der Waals surface area (Å²) in [6.45, 7) is 13.2. The number of aliphatic carboxylic acids is 1. The molecule has 3 unspecified atom stereocenters. The Morgan fingerprint density at radius 3 is 1.82 bits per heavy atom. The van der Waals surface area contributed by atoms with Crippen LogP contribution in [-0.2, 0) is 23.7 Å². The smallest absolute Gasteiger partial charge is 0.480 e. The molecule has 0 spiro atoms. The lowest BCUT2D eigenvalue weighted by Crippen LogP contribution is -2.38. The molecule has 0 heterocycles. The van der Waals surface area contributed by atoms with Gasteiger partial charge in [-0.3, -0.25) is 4.79 Å². The molecule has 0 aliphatic rings. The van der Waals surface area contributed by atoms with Gasteiger partial charge in [0.1, 0.15) is 12.1 Å². The summed E-state index contributed by atoms with van der Waals surface area (Å²) >= 11 is 0. The summed E-state index contributed by atoms with van der Waals surface area (Å²) in [6, 6.07) is 2.71. The summed E-state index contributed by atoms with van der Waals surface area (Å²) in [5, 5.41) is 9.65. The van der Waals surface area contributed by atoms with Crippen LogP contribution in [0.2, 0.25) is 0 Å². The van der Waals surface area contributed by atoms with Crippen molar-refractivity contribution in [2.45, 2.75) is 79.4 Å². The SMILES string of the molecule is CCC(C)COC(=O)OC(C)CC(c1ccc(OC(=O)OCC(C)C)c(OC(=O)OCC(C)C)c1)[C@H](N)C(=O)O. The zero-order chi connectivity index (χ0) is 30.4. The molecule has 1 aromatic carbocycles. The van der Waals surface area contributed by atoms with Crippen LogP contribution >= 0.6 is 0 Å². The summed E-state index contributed by atoms with van der Waals surface area (Å²) in [7, 11) is 0. The predicted octanol–water partition coefficient (Wildman–Crippen LogP) is 5.50. The van der Waals surface area contributed by atoms with Crippen LogP contribution < -0.4 is 15.2 Å². The standard InChI is InChI=1S/C28H43NO11/c1-8-18(6)15-37-26(32)38-19(7)11-21(24(29)25(30)31)20-9-10-22(39-27(33)35-13-16(2)3)23(12-20)40-28(34)36-14-17(4)5/h9-10,12,16-19,21,24H,8,11,13-15,29H2,1-7H3,(H,30,31)/t18?,19?,21?,24-/m0/s1. The van der Waals surface area contributed by atoms with Gasteiger partial charge >= 0.3 is 24.4 Å². The van der Waals surface area contributed by atoms with Gasteiger partial charge in [-0.25, -0.2) is 14.4 Å². The van der Waals surface area contributed by atoms with Crippen molar-refractivity contribution in [2.75, 3.05) is 19.8 Å². The third-order valence-electron chi connectivity index (χ3n) is 5.64. The van der Waals surface area contributed by atoms with Gasteiger partial charge in [-0.05, 0) is 48.8 Å². The zero-order valence-corrected chi connectivity index (χ0v) is 24.3. The molecule has 0 aliphatic carbocycles. The lowest BCUT2D eigenvalue weighted by molar-refractivity contribution is -0.139. The van der Waals surface area contributed by atoms with Gasteiger partial charge in [0.25, 0.3) is 0 Å². The molecule has 3 N–H and O–H groups in total. The minimum atomic E-state index is -1.41. The van der Waals surface area contributed by atoms with Crippen LogP contribution in [0.3, 0.4) is 0 Å². The van der Waals surface area contributed by atoms with Crippen molar-refractivity contribution >= 4 is 24.4 Å². The number of benzene rings is 1. The quantitative estimate of drug-likeness (QED) is 0.155. The van der Waals surface area contributed by atoms with Gasteiger partial charge < -0.3 is 39.3 Å². The highest BCUT2D eigenvalue weighted by Crippen LogP contribution is 2.35. The third kappa shape index (κ3) is 13.0. The number of ether oxygens (including phenoxy) is 6. The molecule has 0 saturated carbocycles. The first kappa shape index (κ1) is 34.5. The van der Waals surface area contributed by atoms with Crippen LogP contribution in [0, 0.1) is 17.8 Å². The fourth-order valence-corrected chi connectivity index (χ4v) is 3.22. The van der Waals surface area contributed by atoms with Crippen LogP contribution in [0.15, 0.2) is 18.2 Å². The van der Waals surface area contributed by atoms with Gasteiger partial charge in [0.2, 0.25) is 0 Å². The molecule has 0 aromatic heterocycles. The Hall–Kier alpha value is -3.54. The number of carboxylic acid groups (broad SMARTS) is 1. The molecular formula is C28H43NO11. The Kier molecular flexibility index (Phi) is 14.8. The van der Waals surface area contributed by atoms with Crippen molar-refractivity contribution < 1.29 is 52.7 Å². The molecule has 0 radical (unpaired) electrons. The Balaban J connectivity index is 3.24. The lowest BCUT2D eigenvalue weighted by atomic mass is 9.87. The van der Waals surface area contributed by atoms with Crippen LogP contribution in [0.4, 0.5) is 14.4 Å². The maximum Gasteiger partial charge on any atom is 0.513 e. The molecule has 1 aromatic rings. The Bertz CT molecular complexity index is 979. The molecule has 0 saturated heterocycles. The Morgan fingerprint density at radius 1 is 0.800 bits per heavy atom. The highest BCUT2D eigenvalue weighted by atomic mass is 16.7. The van der Waals surface area contributed by atoms with E-state index < -0.39 is 42.5 Å². The normalized spacial score (nSPS) is 14.1. The summed E-state index contributed by atoms with van der Waals surface area (Å²) < 4.78 is 31.0.